The average molecular weight is 209 g/mol. The van der Waals surface area contributed by atoms with E-state index in [9.17, 15) is 0 Å². The van der Waals surface area contributed by atoms with Crippen LogP contribution in [0.4, 0.5) is 0 Å². The molecule has 86 valence electrons. The Morgan fingerprint density at radius 1 is 1.33 bits per heavy atom. The Hall–Kier alpha value is -0.830. The standard InChI is InChI=1S/C12H23N3/c1-9(2)14-8-10(3)11(4)15-7-6-13-12(15)5/h6-7,9-11,14H,8H2,1-5H3. The van der Waals surface area contributed by atoms with Gasteiger partial charge in [-0.05, 0) is 26.3 Å². The zero-order valence-corrected chi connectivity index (χ0v) is 10.5. The topological polar surface area (TPSA) is 29.9 Å². The summed E-state index contributed by atoms with van der Waals surface area (Å²) in [6.07, 6.45) is 3.93. The Kier molecular flexibility index (Phi) is 4.33. The molecule has 0 aliphatic rings. The highest BCUT2D eigenvalue weighted by atomic mass is 15.1. The third-order valence-corrected chi connectivity index (χ3v) is 2.97. The van der Waals surface area contributed by atoms with Crippen molar-refractivity contribution in [3.05, 3.63) is 18.2 Å². The lowest BCUT2D eigenvalue weighted by atomic mass is 10.0. The molecule has 1 heterocycles. The SMILES string of the molecule is Cc1nccn1C(C)C(C)CNC(C)C. The number of nitrogens with zero attached hydrogens (tertiary/aromatic N) is 2. The van der Waals surface area contributed by atoms with E-state index >= 15 is 0 Å². The largest absolute Gasteiger partial charge is 0.332 e. The van der Waals surface area contributed by atoms with Crippen LogP contribution < -0.4 is 5.32 Å². The van der Waals surface area contributed by atoms with Crippen molar-refractivity contribution in [2.75, 3.05) is 6.54 Å². The second kappa shape index (κ2) is 5.31. The smallest absolute Gasteiger partial charge is 0.105 e. The van der Waals surface area contributed by atoms with Crippen molar-refractivity contribution in [1.82, 2.24) is 14.9 Å². The maximum absolute atomic E-state index is 4.26. The predicted molar refractivity (Wildman–Crippen MR) is 64.0 cm³/mol. The molecule has 0 spiro atoms. The van der Waals surface area contributed by atoms with Crippen LogP contribution in [0.15, 0.2) is 12.4 Å². The van der Waals surface area contributed by atoms with Gasteiger partial charge in [-0.2, -0.15) is 0 Å². The van der Waals surface area contributed by atoms with Gasteiger partial charge in [0.2, 0.25) is 0 Å². The molecular formula is C12H23N3. The van der Waals surface area contributed by atoms with Gasteiger partial charge >= 0.3 is 0 Å². The zero-order valence-electron chi connectivity index (χ0n) is 10.5. The number of hydrogen-bond acceptors (Lipinski definition) is 2. The molecule has 1 aromatic rings. The maximum Gasteiger partial charge on any atom is 0.105 e. The fraction of sp³-hybridized carbons (Fsp3) is 0.750. The van der Waals surface area contributed by atoms with Crippen LogP contribution >= 0.6 is 0 Å². The summed E-state index contributed by atoms with van der Waals surface area (Å²) in [5, 5.41) is 3.47. The summed E-state index contributed by atoms with van der Waals surface area (Å²) in [6.45, 7) is 12.0. The monoisotopic (exact) mass is 209 g/mol. The second-order valence-electron chi connectivity index (χ2n) is 4.66. The van der Waals surface area contributed by atoms with Crippen LogP contribution in [0.3, 0.4) is 0 Å². The lowest BCUT2D eigenvalue weighted by molar-refractivity contribution is 0.347. The molecule has 0 radical (unpaired) electrons. The van der Waals surface area contributed by atoms with Gasteiger partial charge in [0.15, 0.2) is 0 Å². The van der Waals surface area contributed by atoms with E-state index in [1.54, 1.807) is 0 Å². The van der Waals surface area contributed by atoms with Crippen molar-refractivity contribution in [2.24, 2.45) is 5.92 Å². The third-order valence-electron chi connectivity index (χ3n) is 2.97. The van der Waals surface area contributed by atoms with Crippen LogP contribution in [0.5, 0.6) is 0 Å². The van der Waals surface area contributed by atoms with E-state index in [0.717, 1.165) is 12.4 Å². The normalized spacial score (nSPS) is 15.6. The van der Waals surface area contributed by atoms with Gasteiger partial charge < -0.3 is 9.88 Å². The molecule has 15 heavy (non-hydrogen) atoms. The van der Waals surface area contributed by atoms with Crippen molar-refractivity contribution < 1.29 is 0 Å². The van der Waals surface area contributed by atoms with E-state index < -0.39 is 0 Å². The van der Waals surface area contributed by atoms with E-state index in [1.807, 2.05) is 6.20 Å². The highest BCUT2D eigenvalue weighted by Crippen LogP contribution is 2.18. The van der Waals surface area contributed by atoms with Gasteiger partial charge in [0.25, 0.3) is 0 Å². The molecule has 1 aromatic heterocycles. The Bertz CT molecular complexity index is 291. The third kappa shape index (κ3) is 3.34. The molecule has 0 saturated carbocycles. The Morgan fingerprint density at radius 3 is 2.47 bits per heavy atom. The van der Waals surface area contributed by atoms with Crippen LogP contribution in [0.25, 0.3) is 0 Å². The van der Waals surface area contributed by atoms with Gasteiger partial charge in [0, 0.05) is 24.5 Å². The van der Waals surface area contributed by atoms with Crippen molar-refractivity contribution >= 4 is 0 Å². The highest BCUT2D eigenvalue weighted by molar-refractivity contribution is 4.92. The van der Waals surface area contributed by atoms with Crippen LogP contribution in [-0.4, -0.2) is 22.1 Å². The number of hydrogen-bond donors (Lipinski definition) is 1. The molecule has 3 heteroatoms. The van der Waals surface area contributed by atoms with Crippen molar-refractivity contribution in [2.45, 2.75) is 46.7 Å². The van der Waals surface area contributed by atoms with E-state index in [-0.39, 0.29) is 0 Å². The fourth-order valence-corrected chi connectivity index (χ4v) is 1.68. The number of nitrogens with one attached hydrogen (secondary N) is 1. The minimum absolute atomic E-state index is 0.499. The molecule has 0 fully saturated rings. The molecule has 0 aliphatic heterocycles. The number of imidazole rings is 1. The average Bonchev–Trinajstić information content (AvgIpc) is 2.59. The first-order chi connectivity index (χ1) is 7.02. The molecule has 2 atom stereocenters. The van der Waals surface area contributed by atoms with Gasteiger partial charge in [-0.3, -0.25) is 0 Å². The minimum atomic E-state index is 0.499. The van der Waals surface area contributed by atoms with Gasteiger partial charge in [0.05, 0.1) is 0 Å². The quantitative estimate of drug-likeness (QED) is 0.807. The summed E-state index contributed by atoms with van der Waals surface area (Å²) >= 11 is 0. The van der Waals surface area contributed by atoms with Crippen molar-refractivity contribution in [1.29, 1.82) is 0 Å². The maximum atomic E-state index is 4.26. The van der Waals surface area contributed by atoms with Gasteiger partial charge in [0.1, 0.15) is 5.82 Å². The van der Waals surface area contributed by atoms with Gasteiger partial charge in [-0.25, -0.2) is 4.98 Å². The molecule has 0 amide bonds. The second-order valence-corrected chi connectivity index (χ2v) is 4.66. The first-order valence-electron chi connectivity index (χ1n) is 5.75. The Morgan fingerprint density at radius 2 is 2.00 bits per heavy atom. The molecule has 0 saturated heterocycles. The summed E-state index contributed by atoms with van der Waals surface area (Å²) in [5.41, 5.74) is 0. The van der Waals surface area contributed by atoms with Gasteiger partial charge in [-0.15, -0.1) is 0 Å². The molecule has 0 aliphatic carbocycles. The first kappa shape index (κ1) is 12.2. The Balaban J connectivity index is 2.53. The van der Waals surface area contributed by atoms with E-state index in [4.69, 9.17) is 0 Å². The molecular weight excluding hydrogens is 186 g/mol. The molecule has 3 nitrogen and oxygen atoms in total. The highest BCUT2D eigenvalue weighted by Gasteiger charge is 2.15. The molecule has 1 N–H and O–H groups in total. The van der Waals surface area contributed by atoms with Crippen LogP contribution in [0.2, 0.25) is 0 Å². The molecule has 2 unspecified atom stereocenters. The predicted octanol–water partition coefficient (Wildman–Crippen LogP) is 2.39. The molecule has 0 bridgehead atoms. The first-order valence-corrected chi connectivity index (χ1v) is 5.75. The van der Waals surface area contributed by atoms with E-state index in [2.05, 4.69) is 55.7 Å². The lowest BCUT2D eigenvalue weighted by Gasteiger charge is -2.23. The van der Waals surface area contributed by atoms with Crippen LogP contribution in [-0.2, 0) is 0 Å². The molecule has 1 rings (SSSR count). The molecule has 0 aromatic carbocycles. The van der Waals surface area contributed by atoms with Crippen molar-refractivity contribution in [3.63, 3.8) is 0 Å². The summed E-state index contributed by atoms with van der Waals surface area (Å²) in [7, 11) is 0. The van der Waals surface area contributed by atoms with E-state index in [0.29, 0.717) is 18.0 Å². The van der Waals surface area contributed by atoms with Crippen molar-refractivity contribution in [3.8, 4) is 0 Å². The Labute approximate surface area is 92.9 Å². The summed E-state index contributed by atoms with van der Waals surface area (Å²) in [5.74, 6) is 1.71. The summed E-state index contributed by atoms with van der Waals surface area (Å²) < 4.78 is 2.24. The lowest BCUT2D eigenvalue weighted by Crippen LogP contribution is -2.31. The van der Waals surface area contributed by atoms with Crippen LogP contribution in [0.1, 0.15) is 39.6 Å². The van der Waals surface area contributed by atoms with Gasteiger partial charge in [-0.1, -0.05) is 20.8 Å². The summed E-state index contributed by atoms with van der Waals surface area (Å²) in [4.78, 5) is 4.26. The number of rotatable bonds is 5. The zero-order chi connectivity index (χ0) is 11.4. The van der Waals surface area contributed by atoms with E-state index in [1.165, 1.54) is 0 Å². The van der Waals surface area contributed by atoms with Crippen LogP contribution in [0, 0.1) is 12.8 Å². The number of aryl methyl sites for hydroxylation is 1. The summed E-state index contributed by atoms with van der Waals surface area (Å²) in [6, 6.07) is 1.06. The number of aromatic nitrogens is 2. The minimum Gasteiger partial charge on any atom is -0.332 e. The fourth-order valence-electron chi connectivity index (χ4n) is 1.68.